The monoisotopic (exact) mass is 607 g/mol. The molecular formula is C17H21N9O10S3. The van der Waals surface area contributed by atoms with Crippen molar-refractivity contribution in [2.45, 2.75) is 49.0 Å². The molecule has 1 saturated heterocycles. The summed E-state index contributed by atoms with van der Waals surface area (Å²) in [6.45, 7) is 3.32. The number of carboxylic acid groups (broad SMARTS) is 1. The van der Waals surface area contributed by atoms with Crippen LogP contribution in [-0.2, 0) is 46.1 Å². The minimum atomic E-state index is -5.19. The normalized spacial score (nSPS) is 18.7. The van der Waals surface area contributed by atoms with Gasteiger partial charge in [-0.1, -0.05) is 5.16 Å². The van der Waals surface area contributed by atoms with E-state index in [0.717, 1.165) is 36.8 Å². The molecular weight excluding hydrogens is 586 g/mol. The lowest BCUT2D eigenvalue weighted by Crippen LogP contribution is -2.75. The molecule has 0 aliphatic carbocycles. The molecule has 2 amide bonds. The van der Waals surface area contributed by atoms with Crippen molar-refractivity contribution in [2.24, 2.45) is 12.2 Å². The Morgan fingerprint density at radius 3 is 2.51 bits per heavy atom. The van der Waals surface area contributed by atoms with Crippen LogP contribution in [0.5, 0.6) is 0 Å². The number of nitrogens with two attached hydrogens (primary N) is 1. The first kappa shape index (κ1) is 29.7. The number of anilines is 1. The molecule has 1 aliphatic rings. The van der Waals surface area contributed by atoms with Gasteiger partial charge in [-0.25, -0.2) is 18.8 Å². The van der Waals surface area contributed by atoms with Crippen LogP contribution in [-0.4, -0.2) is 100 Å². The molecule has 0 spiro atoms. The maximum Gasteiger partial charge on any atom is 0.362 e. The summed E-state index contributed by atoms with van der Waals surface area (Å²) in [5.41, 5.74) is 1.43. The molecule has 1 fully saturated rings. The number of nitrogens with zero attached hydrogens (tertiary/aromatic N) is 7. The van der Waals surface area contributed by atoms with E-state index in [1.165, 1.54) is 12.4 Å². The topological polar surface area (TPSA) is 271 Å². The van der Waals surface area contributed by atoms with Gasteiger partial charge >= 0.3 is 22.2 Å². The van der Waals surface area contributed by atoms with Crippen LogP contribution < -0.4 is 11.1 Å². The second-order valence-corrected chi connectivity index (χ2v) is 11.4. The summed E-state index contributed by atoms with van der Waals surface area (Å²) in [5, 5.41) is 27.2. The van der Waals surface area contributed by atoms with Crippen molar-refractivity contribution in [1.29, 1.82) is 0 Å². The fraction of sp³-hybridized carbons (Fsp3) is 0.471. The highest BCUT2D eigenvalue weighted by Crippen LogP contribution is 2.35. The number of aryl methyl sites for hydroxylation is 1. The van der Waals surface area contributed by atoms with Crippen molar-refractivity contribution < 1.29 is 46.8 Å². The standard InChI is InChI=1S/C17H21N9O10S3/c1-6(27)35-13(38-16-21-23-24-25(16)4)10-9(12(29)26(10)39(32,33)34)20-11(28)8(7-5-37-15(18)19-7)22-36-17(2,3)14(30)31/h5,9-10,13H,1-4H3,(H2,18,19)(H,20,28)(H,30,31)(H,32,33,34)/t9-,10-,13?/m1/s1. The Kier molecular flexibility index (Phi) is 8.42. The van der Waals surface area contributed by atoms with Gasteiger partial charge in [-0.3, -0.25) is 18.9 Å². The molecule has 0 bridgehead atoms. The predicted molar refractivity (Wildman–Crippen MR) is 130 cm³/mol. The summed E-state index contributed by atoms with van der Waals surface area (Å²) < 4.78 is 40.0. The van der Waals surface area contributed by atoms with Crippen molar-refractivity contribution in [2.75, 3.05) is 5.73 Å². The number of thioether (sulfide) groups is 1. The van der Waals surface area contributed by atoms with E-state index in [9.17, 15) is 37.3 Å². The minimum absolute atomic E-state index is 0.0155. The second-order valence-electron chi connectivity index (χ2n) is 8.15. The second kappa shape index (κ2) is 11.1. The first-order valence-electron chi connectivity index (χ1n) is 10.4. The third-order valence-corrected chi connectivity index (χ3v) is 7.61. The Labute approximate surface area is 227 Å². The first-order chi connectivity index (χ1) is 18.0. The highest BCUT2D eigenvalue weighted by atomic mass is 32.2. The molecule has 3 heterocycles. The Balaban J connectivity index is 1.98. The van der Waals surface area contributed by atoms with E-state index < -0.39 is 62.9 Å². The molecule has 2 aromatic heterocycles. The average Bonchev–Trinajstić information content (AvgIpc) is 3.41. The number of esters is 1. The van der Waals surface area contributed by atoms with E-state index in [1.807, 2.05) is 0 Å². The Morgan fingerprint density at radius 1 is 1.36 bits per heavy atom. The van der Waals surface area contributed by atoms with Gasteiger partial charge in [-0.05, 0) is 36.0 Å². The molecule has 19 nitrogen and oxygen atoms in total. The number of tetrazole rings is 1. The lowest BCUT2D eigenvalue weighted by Gasteiger charge is -2.46. The van der Waals surface area contributed by atoms with Gasteiger partial charge in [0.1, 0.15) is 17.8 Å². The molecule has 39 heavy (non-hydrogen) atoms. The van der Waals surface area contributed by atoms with Crippen molar-refractivity contribution in [3.05, 3.63) is 11.1 Å². The van der Waals surface area contributed by atoms with Crippen LogP contribution in [0.15, 0.2) is 15.7 Å². The number of nitrogen functional groups attached to an aromatic ring is 1. The number of oxime groups is 1. The van der Waals surface area contributed by atoms with Gasteiger partial charge < -0.3 is 25.7 Å². The van der Waals surface area contributed by atoms with E-state index in [1.54, 1.807) is 0 Å². The van der Waals surface area contributed by atoms with Crippen LogP contribution in [0.4, 0.5) is 5.13 Å². The first-order valence-corrected chi connectivity index (χ1v) is 13.6. The predicted octanol–water partition coefficient (Wildman–Crippen LogP) is -1.99. The van der Waals surface area contributed by atoms with Gasteiger partial charge in [0.05, 0.1) is 0 Å². The number of ether oxygens (including phenoxy) is 1. The SMILES string of the molecule is CC(=O)OC(Sc1nnnn1C)[C@H]1[C@@H](NC(=O)C(=NOC(C)(C)C(=O)O)c2csc(N)n2)C(=O)N1S(=O)(=O)O. The number of carbonyl (C=O) groups is 4. The van der Waals surface area contributed by atoms with E-state index in [-0.39, 0.29) is 20.3 Å². The summed E-state index contributed by atoms with van der Waals surface area (Å²) >= 11 is 1.54. The van der Waals surface area contributed by atoms with Crippen LogP contribution in [0, 0.1) is 0 Å². The highest BCUT2D eigenvalue weighted by molar-refractivity contribution is 7.99. The summed E-state index contributed by atoms with van der Waals surface area (Å²) in [6.07, 6.45) is 0. The van der Waals surface area contributed by atoms with Crippen molar-refractivity contribution in [3.63, 3.8) is 0 Å². The van der Waals surface area contributed by atoms with Crippen molar-refractivity contribution in [3.8, 4) is 0 Å². The molecule has 3 atom stereocenters. The Bertz CT molecular complexity index is 1440. The van der Waals surface area contributed by atoms with Crippen LogP contribution in [0.2, 0.25) is 0 Å². The number of aliphatic carboxylic acids is 1. The maximum atomic E-state index is 13.2. The number of rotatable bonds is 11. The van der Waals surface area contributed by atoms with Crippen LogP contribution in [0.25, 0.3) is 0 Å². The number of hydrogen-bond donors (Lipinski definition) is 4. The number of carbonyl (C=O) groups excluding carboxylic acids is 3. The van der Waals surface area contributed by atoms with E-state index in [0.29, 0.717) is 11.8 Å². The molecule has 0 aromatic carbocycles. The number of thiazole rings is 1. The third kappa shape index (κ3) is 6.58. The van der Waals surface area contributed by atoms with Gasteiger partial charge in [-0.15, -0.1) is 16.4 Å². The fourth-order valence-corrected chi connectivity index (χ4v) is 5.52. The average molecular weight is 608 g/mol. The van der Waals surface area contributed by atoms with Gasteiger partial charge in [0.25, 0.3) is 11.8 Å². The van der Waals surface area contributed by atoms with Crippen LogP contribution >= 0.6 is 23.1 Å². The molecule has 5 N–H and O–H groups in total. The Hall–Kier alpha value is -3.89. The van der Waals surface area contributed by atoms with Crippen LogP contribution in [0.3, 0.4) is 0 Å². The molecule has 0 radical (unpaired) electrons. The van der Waals surface area contributed by atoms with Crippen molar-refractivity contribution in [1.82, 2.24) is 34.8 Å². The van der Waals surface area contributed by atoms with Crippen LogP contribution in [0.1, 0.15) is 26.5 Å². The van der Waals surface area contributed by atoms with Gasteiger partial charge in [-0.2, -0.15) is 8.42 Å². The fourth-order valence-electron chi connectivity index (χ4n) is 2.93. The number of aromatic nitrogens is 5. The van der Waals surface area contributed by atoms with E-state index in [2.05, 4.69) is 31.0 Å². The Morgan fingerprint density at radius 2 is 2.03 bits per heavy atom. The smallest absolute Gasteiger partial charge is 0.362 e. The number of nitrogens with one attached hydrogen (secondary N) is 1. The number of hydrogen-bond acceptors (Lipinski definition) is 16. The number of carboxylic acids is 1. The zero-order valence-corrected chi connectivity index (χ0v) is 22.9. The summed E-state index contributed by atoms with van der Waals surface area (Å²) in [7, 11) is -3.76. The maximum absolute atomic E-state index is 13.2. The van der Waals surface area contributed by atoms with Gasteiger partial charge in [0.15, 0.2) is 16.3 Å². The molecule has 0 saturated carbocycles. The number of amides is 2. The lowest BCUT2D eigenvalue weighted by molar-refractivity contribution is -0.161. The summed E-state index contributed by atoms with van der Waals surface area (Å²) in [6, 6.07) is -3.38. The molecule has 1 aliphatic heterocycles. The molecule has 2 aromatic rings. The van der Waals surface area contributed by atoms with E-state index in [4.69, 9.17) is 15.3 Å². The zero-order valence-electron chi connectivity index (χ0n) is 20.4. The van der Waals surface area contributed by atoms with Crippen molar-refractivity contribution >= 4 is 68.0 Å². The minimum Gasteiger partial charge on any atom is -0.478 e. The molecule has 22 heteroatoms. The third-order valence-electron chi connectivity index (χ3n) is 4.85. The molecule has 1 unspecified atom stereocenters. The van der Waals surface area contributed by atoms with Gasteiger partial charge in [0.2, 0.25) is 10.8 Å². The van der Waals surface area contributed by atoms with E-state index >= 15 is 0 Å². The largest absolute Gasteiger partial charge is 0.478 e. The molecule has 3 rings (SSSR count). The molecule has 212 valence electrons. The lowest BCUT2D eigenvalue weighted by atomic mass is 9.99. The zero-order chi connectivity index (χ0) is 29.3. The van der Waals surface area contributed by atoms with Gasteiger partial charge in [0, 0.05) is 19.4 Å². The summed E-state index contributed by atoms with van der Waals surface area (Å²) in [4.78, 5) is 58.1. The quantitative estimate of drug-likeness (QED) is 0.0409. The highest BCUT2D eigenvalue weighted by Gasteiger charge is 2.59. The summed E-state index contributed by atoms with van der Waals surface area (Å²) in [5.74, 6) is -4.76. The number of β-lactam (4-membered cyclic amide) rings is 1.